The third-order valence-electron chi connectivity index (χ3n) is 1.42. The number of hydrogen-bond donors (Lipinski definition) is 0. The monoisotopic (exact) mass is 199 g/mol. The maximum absolute atomic E-state index is 10.5. The molecule has 0 atom stereocenters. The van der Waals surface area contributed by atoms with Gasteiger partial charge in [0.15, 0.2) is 0 Å². The Labute approximate surface area is 82.6 Å². The van der Waals surface area contributed by atoms with Gasteiger partial charge < -0.3 is 9.47 Å². The van der Waals surface area contributed by atoms with E-state index in [0.717, 1.165) is 0 Å². The van der Waals surface area contributed by atoms with Crippen LogP contribution in [0, 0.1) is 17.2 Å². The van der Waals surface area contributed by atoms with E-state index in [2.05, 4.69) is 0 Å². The van der Waals surface area contributed by atoms with Crippen LogP contribution in [0.3, 0.4) is 0 Å². The molecule has 0 amide bonds. The summed E-state index contributed by atoms with van der Waals surface area (Å²) in [7, 11) is 0. The summed E-state index contributed by atoms with van der Waals surface area (Å²) in [5.41, 5.74) is 0. The molecule has 0 aromatic rings. The minimum absolute atomic E-state index is 0.107. The lowest BCUT2D eigenvalue weighted by atomic mass is 10.1. The Morgan fingerprint density at radius 3 is 1.93 bits per heavy atom. The lowest BCUT2D eigenvalue weighted by Gasteiger charge is -2.12. The van der Waals surface area contributed by atoms with Crippen LogP contribution in [0.2, 0.25) is 0 Å². The Hall–Kier alpha value is -1.57. The van der Waals surface area contributed by atoms with E-state index in [1.807, 2.05) is 6.07 Å². The fraction of sp³-hybridized carbons (Fsp3) is 0.667. The Bertz CT molecular complexity index is 226. The summed E-state index contributed by atoms with van der Waals surface area (Å²) in [5, 5.41) is 8.44. The predicted octanol–water partition coefficient (Wildman–Crippen LogP) is 0.642. The summed E-state index contributed by atoms with van der Waals surface area (Å²) in [6, 6.07) is 1.93. The van der Waals surface area contributed by atoms with Gasteiger partial charge in [-0.15, -0.1) is 0 Å². The number of rotatable bonds is 5. The number of nitriles is 1. The first-order valence-corrected chi connectivity index (χ1v) is 4.20. The van der Waals surface area contributed by atoms with Crippen LogP contribution in [0.4, 0.5) is 0 Å². The molecule has 0 spiro atoms. The van der Waals surface area contributed by atoms with Crippen molar-refractivity contribution in [3.05, 3.63) is 0 Å². The van der Waals surface area contributed by atoms with E-state index in [1.54, 1.807) is 0 Å². The van der Waals surface area contributed by atoms with Crippen LogP contribution in [-0.2, 0) is 19.1 Å². The molecule has 0 bridgehead atoms. The molecule has 0 saturated heterocycles. The molecule has 5 nitrogen and oxygen atoms in total. The minimum Gasteiger partial charge on any atom is -0.465 e. The summed E-state index contributed by atoms with van der Waals surface area (Å²) < 4.78 is 9.42. The molecular formula is C9H13NO4. The molecule has 0 rings (SSSR count). The van der Waals surface area contributed by atoms with Crippen LogP contribution >= 0.6 is 0 Å². The first kappa shape index (κ1) is 12.4. The summed E-state index contributed by atoms with van der Waals surface area (Å²) >= 11 is 0. The fourth-order valence-electron chi connectivity index (χ4n) is 0.765. The van der Waals surface area contributed by atoms with E-state index < -0.39 is 11.9 Å². The van der Waals surface area contributed by atoms with Crippen molar-refractivity contribution in [3.8, 4) is 6.07 Å². The van der Waals surface area contributed by atoms with Crippen molar-refractivity contribution >= 4 is 11.9 Å². The third-order valence-corrected chi connectivity index (χ3v) is 1.42. The average Bonchev–Trinajstić information content (AvgIpc) is 2.09. The van der Waals surface area contributed by atoms with E-state index in [1.165, 1.54) is 13.8 Å². The Morgan fingerprint density at radius 1 is 1.21 bits per heavy atom. The summed E-state index contributed by atoms with van der Waals surface area (Å²) in [6.45, 7) is 2.79. The van der Waals surface area contributed by atoms with Crippen LogP contribution in [-0.4, -0.2) is 25.2 Å². The van der Waals surface area contributed by atoms with Crippen molar-refractivity contribution in [2.75, 3.05) is 13.2 Å². The van der Waals surface area contributed by atoms with Gasteiger partial charge in [0.2, 0.25) is 0 Å². The number of ether oxygens (including phenoxy) is 2. The van der Waals surface area contributed by atoms with Crippen LogP contribution in [0.1, 0.15) is 20.3 Å². The molecular weight excluding hydrogens is 186 g/mol. The molecule has 0 aromatic carbocycles. The Balaban J connectivity index is 3.83. The fourth-order valence-corrected chi connectivity index (χ4v) is 0.765. The zero-order valence-electron chi connectivity index (χ0n) is 8.28. The summed E-state index contributed by atoms with van der Waals surface area (Å²) in [4.78, 5) is 21.0. The highest BCUT2D eigenvalue weighted by Crippen LogP contribution is 2.04. The van der Waals surface area contributed by atoms with E-state index >= 15 is 0 Å². The molecule has 0 fully saturated rings. The second-order valence-corrected chi connectivity index (χ2v) is 2.83. The number of esters is 2. The zero-order chi connectivity index (χ0) is 11.0. The lowest BCUT2D eigenvalue weighted by molar-refractivity contribution is -0.146. The molecule has 78 valence electrons. The maximum atomic E-state index is 10.5. The van der Waals surface area contributed by atoms with E-state index in [4.69, 9.17) is 14.7 Å². The van der Waals surface area contributed by atoms with Gasteiger partial charge in [0.25, 0.3) is 0 Å². The van der Waals surface area contributed by atoms with E-state index in [-0.39, 0.29) is 25.6 Å². The molecule has 0 aliphatic rings. The second-order valence-electron chi connectivity index (χ2n) is 2.83. The molecule has 0 N–H and O–H groups in total. The van der Waals surface area contributed by atoms with Crippen LogP contribution in [0.5, 0.6) is 0 Å². The van der Waals surface area contributed by atoms with Gasteiger partial charge in [-0.1, -0.05) is 0 Å². The minimum atomic E-state index is -0.407. The number of carbonyl (C=O) groups is 2. The van der Waals surface area contributed by atoms with Crippen molar-refractivity contribution < 1.29 is 19.1 Å². The lowest BCUT2D eigenvalue weighted by Crippen LogP contribution is -2.19. The van der Waals surface area contributed by atoms with Gasteiger partial charge >= 0.3 is 11.9 Å². The van der Waals surface area contributed by atoms with Crippen molar-refractivity contribution in [2.45, 2.75) is 20.3 Å². The molecule has 14 heavy (non-hydrogen) atoms. The summed E-state index contributed by atoms with van der Waals surface area (Å²) in [6.07, 6.45) is 0.195. The predicted molar refractivity (Wildman–Crippen MR) is 47.0 cm³/mol. The second kappa shape index (κ2) is 6.89. The van der Waals surface area contributed by atoms with Crippen molar-refractivity contribution in [2.24, 2.45) is 5.92 Å². The van der Waals surface area contributed by atoms with Crippen molar-refractivity contribution in [1.29, 1.82) is 5.26 Å². The van der Waals surface area contributed by atoms with Gasteiger partial charge in [0, 0.05) is 26.2 Å². The van der Waals surface area contributed by atoms with E-state index in [0.29, 0.717) is 0 Å². The molecule has 0 heterocycles. The smallest absolute Gasteiger partial charge is 0.302 e. The molecule has 0 unspecified atom stereocenters. The summed E-state index contributed by atoms with van der Waals surface area (Å²) in [5.74, 6) is -1.06. The Morgan fingerprint density at radius 2 is 1.64 bits per heavy atom. The quantitative estimate of drug-likeness (QED) is 0.607. The van der Waals surface area contributed by atoms with Gasteiger partial charge in [0.05, 0.1) is 19.3 Å². The molecule has 0 aromatic heterocycles. The van der Waals surface area contributed by atoms with Gasteiger partial charge in [-0.2, -0.15) is 5.26 Å². The largest absolute Gasteiger partial charge is 0.465 e. The highest BCUT2D eigenvalue weighted by atomic mass is 16.5. The first-order chi connectivity index (χ1) is 6.56. The van der Waals surface area contributed by atoms with Crippen molar-refractivity contribution in [1.82, 2.24) is 0 Å². The van der Waals surface area contributed by atoms with Gasteiger partial charge in [-0.05, 0) is 0 Å². The molecule has 0 radical (unpaired) electrons. The van der Waals surface area contributed by atoms with Gasteiger partial charge in [-0.25, -0.2) is 0 Å². The average molecular weight is 199 g/mol. The molecule has 0 aliphatic heterocycles. The molecule has 0 saturated carbocycles. The van der Waals surface area contributed by atoms with Gasteiger partial charge in [-0.3, -0.25) is 9.59 Å². The zero-order valence-corrected chi connectivity index (χ0v) is 8.28. The molecule has 0 aliphatic carbocycles. The highest BCUT2D eigenvalue weighted by molar-refractivity contribution is 5.66. The normalized spacial score (nSPS) is 9.29. The van der Waals surface area contributed by atoms with Gasteiger partial charge in [0.1, 0.15) is 0 Å². The number of nitrogens with zero attached hydrogens (tertiary/aromatic N) is 1. The van der Waals surface area contributed by atoms with Crippen LogP contribution in [0.25, 0.3) is 0 Å². The van der Waals surface area contributed by atoms with Crippen LogP contribution in [0.15, 0.2) is 0 Å². The Kier molecular flexibility index (Phi) is 6.12. The standard InChI is InChI=1S/C9H13NO4/c1-7(11)13-5-9(3-4-10)6-14-8(2)12/h9H,3,5-6H2,1-2H3. The number of hydrogen-bond acceptors (Lipinski definition) is 5. The van der Waals surface area contributed by atoms with Crippen LogP contribution < -0.4 is 0 Å². The topological polar surface area (TPSA) is 76.4 Å². The molecule has 5 heteroatoms. The SMILES string of the molecule is CC(=O)OCC(CC#N)COC(C)=O. The maximum Gasteiger partial charge on any atom is 0.302 e. The highest BCUT2D eigenvalue weighted by Gasteiger charge is 2.11. The number of carbonyl (C=O) groups excluding carboxylic acids is 2. The van der Waals surface area contributed by atoms with Crippen molar-refractivity contribution in [3.63, 3.8) is 0 Å². The third kappa shape index (κ3) is 7.10. The first-order valence-electron chi connectivity index (χ1n) is 4.20. The van der Waals surface area contributed by atoms with E-state index in [9.17, 15) is 9.59 Å².